The van der Waals surface area contributed by atoms with E-state index in [9.17, 15) is 0 Å². The van der Waals surface area contributed by atoms with Gasteiger partial charge in [-0.1, -0.05) is 0 Å². The van der Waals surface area contributed by atoms with Crippen LogP contribution in [0.1, 0.15) is 42.4 Å². The van der Waals surface area contributed by atoms with Gasteiger partial charge in [0.1, 0.15) is 0 Å². The van der Waals surface area contributed by atoms with Crippen molar-refractivity contribution in [3.63, 3.8) is 0 Å². The van der Waals surface area contributed by atoms with Crippen LogP contribution < -0.4 is 0 Å². The summed E-state index contributed by atoms with van der Waals surface area (Å²) in [4.78, 5) is 0. The van der Waals surface area contributed by atoms with Crippen molar-refractivity contribution in [3.8, 4) is 0 Å². The van der Waals surface area contributed by atoms with Crippen molar-refractivity contribution >= 4 is 14.8 Å². The molecule has 3 heteroatoms. The zero-order valence-electron chi connectivity index (χ0n) is 13.6. The predicted octanol–water partition coefficient (Wildman–Crippen LogP) is 5.02. The molecule has 0 heterocycles. The van der Waals surface area contributed by atoms with Crippen molar-refractivity contribution in [1.29, 1.82) is 0 Å². The Hall–Kier alpha value is -0.140. The second kappa shape index (κ2) is 6.32. The zero-order valence-corrected chi connectivity index (χ0v) is 17.2. The Kier molecular flexibility index (Phi) is 5.13. The van der Waals surface area contributed by atoms with E-state index >= 15 is 0 Å². The molecule has 0 aromatic heterocycles. The van der Waals surface area contributed by atoms with Gasteiger partial charge in [0.05, 0.1) is 0 Å². The molecule has 0 spiro atoms. The monoisotopic (exact) mass is 364 g/mol. The van der Waals surface area contributed by atoms with Gasteiger partial charge in [-0.2, -0.15) is 0 Å². The molecule has 0 aliphatic heterocycles. The van der Waals surface area contributed by atoms with Crippen molar-refractivity contribution in [3.05, 3.63) is 41.0 Å². The van der Waals surface area contributed by atoms with Crippen LogP contribution in [0.5, 0.6) is 0 Å². The number of hydrogen-bond acceptors (Lipinski definition) is 1. The van der Waals surface area contributed by atoms with Crippen LogP contribution >= 0.6 is 0 Å². The SMILES string of the molecule is C[CH2][Zr][CH]1C(C(C)(C)C)=C(O[SiH](C)C)c2ccccc21. The summed E-state index contributed by atoms with van der Waals surface area (Å²) < 4.78 is 8.49. The molecule has 1 aliphatic carbocycles. The molecule has 1 aliphatic rings. The van der Waals surface area contributed by atoms with Gasteiger partial charge in [0.25, 0.3) is 0 Å². The summed E-state index contributed by atoms with van der Waals surface area (Å²) >= 11 is -0.427. The molecule has 0 saturated heterocycles. The van der Waals surface area contributed by atoms with Gasteiger partial charge in [-0.3, -0.25) is 0 Å². The second-order valence-electron chi connectivity index (χ2n) is 6.74. The molecular weight excluding hydrogens is 339 g/mol. The average Bonchev–Trinajstić information content (AvgIpc) is 2.64. The first-order valence-electron chi connectivity index (χ1n) is 7.60. The van der Waals surface area contributed by atoms with Gasteiger partial charge in [0.15, 0.2) is 0 Å². The van der Waals surface area contributed by atoms with E-state index < -0.39 is 32.3 Å². The molecule has 1 atom stereocenters. The standard InChI is InChI=1S/C15H21OSi.C2H5.Zr/c1-15(2,3)13-10-11-8-6-7-9-12(11)14(13)16-17(4)5;1-2;/h6-10,17H,1-5H3;1H2,2H3;. The maximum atomic E-state index is 6.40. The molecule has 0 bridgehead atoms. The summed E-state index contributed by atoms with van der Waals surface area (Å²) in [6.07, 6.45) is 0. The normalized spacial score (nSPS) is 18.4. The number of fused-ring (bicyclic) bond motifs is 1. The molecule has 2 rings (SSSR count). The summed E-state index contributed by atoms with van der Waals surface area (Å²) in [5.74, 6) is 1.24. The number of allylic oxidation sites excluding steroid dienone is 1. The van der Waals surface area contributed by atoms with E-state index in [1.54, 1.807) is 11.1 Å². The number of rotatable bonds is 4. The van der Waals surface area contributed by atoms with Crippen LogP contribution in [0.25, 0.3) is 5.76 Å². The zero-order chi connectivity index (χ0) is 14.9. The average molecular weight is 366 g/mol. The van der Waals surface area contributed by atoms with Crippen LogP contribution in [0.4, 0.5) is 0 Å². The van der Waals surface area contributed by atoms with E-state index in [0.29, 0.717) is 3.63 Å². The van der Waals surface area contributed by atoms with Crippen molar-refractivity contribution in [2.45, 2.75) is 48.5 Å². The van der Waals surface area contributed by atoms with Crippen LogP contribution in [0.2, 0.25) is 17.2 Å². The Bertz CT molecular complexity index is 514. The van der Waals surface area contributed by atoms with Crippen molar-refractivity contribution in [2.24, 2.45) is 5.41 Å². The maximum absolute atomic E-state index is 6.40. The first-order valence-corrected chi connectivity index (χ1v) is 13.5. The third-order valence-corrected chi connectivity index (χ3v) is 7.81. The van der Waals surface area contributed by atoms with Crippen LogP contribution in [0, 0.1) is 5.41 Å². The predicted molar refractivity (Wildman–Crippen MR) is 86.0 cm³/mol. The summed E-state index contributed by atoms with van der Waals surface area (Å²) in [6, 6.07) is 8.95. The van der Waals surface area contributed by atoms with Crippen LogP contribution in [-0.4, -0.2) is 9.04 Å². The number of benzene rings is 1. The first-order chi connectivity index (χ1) is 9.36. The molecule has 20 heavy (non-hydrogen) atoms. The third kappa shape index (κ3) is 3.20. The number of hydrogen-bond donors (Lipinski definition) is 0. The fraction of sp³-hybridized carbons (Fsp3) is 0.529. The third-order valence-electron chi connectivity index (χ3n) is 3.62. The molecule has 0 radical (unpaired) electrons. The van der Waals surface area contributed by atoms with E-state index in [2.05, 4.69) is 65.1 Å². The minimum atomic E-state index is -1.08. The van der Waals surface area contributed by atoms with E-state index in [0.717, 1.165) is 0 Å². The Morgan fingerprint density at radius 3 is 2.40 bits per heavy atom. The Morgan fingerprint density at radius 1 is 1.20 bits per heavy atom. The first kappa shape index (κ1) is 16.2. The molecule has 0 fully saturated rings. The van der Waals surface area contributed by atoms with Crippen molar-refractivity contribution < 1.29 is 27.7 Å². The molecule has 0 amide bonds. The second-order valence-corrected chi connectivity index (χ2v) is 13.2. The van der Waals surface area contributed by atoms with E-state index in [1.807, 2.05) is 0 Å². The summed E-state index contributed by atoms with van der Waals surface area (Å²) in [6.45, 7) is 13.9. The van der Waals surface area contributed by atoms with Gasteiger partial charge in [0.2, 0.25) is 0 Å². The molecule has 1 unspecified atom stereocenters. The summed E-state index contributed by atoms with van der Waals surface area (Å²) in [7, 11) is -1.08. The van der Waals surface area contributed by atoms with Crippen molar-refractivity contribution in [1.82, 2.24) is 0 Å². The fourth-order valence-corrected chi connectivity index (χ4v) is 7.72. The van der Waals surface area contributed by atoms with Crippen molar-refractivity contribution in [2.75, 3.05) is 0 Å². The van der Waals surface area contributed by atoms with E-state index in [1.165, 1.54) is 15.5 Å². The summed E-state index contributed by atoms with van der Waals surface area (Å²) in [5.41, 5.74) is 4.74. The van der Waals surface area contributed by atoms with E-state index in [-0.39, 0.29) is 5.41 Å². The van der Waals surface area contributed by atoms with Crippen LogP contribution in [0.3, 0.4) is 0 Å². The Morgan fingerprint density at radius 2 is 1.85 bits per heavy atom. The van der Waals surface area contributed by atoms with Gasteiger partial charge in [0, 0.05) is 0 Å². The van der Waals surface area contributed by atoms with E-state index in [4.69, 9.17) is 4.43 Å². The molecule has 1 aromatic rings. The van der Waals surface area contributed by atoms with Crippen LogP contribution in [0.15, 0.2) is 29.8 Å². The molecule has 1 nitrogen and oxygen atoms in total. The molecule has 1 aromatic carbocycles. The van der Waals surface area contributed by atoms with Crippen LogP contribution in [-0.2, 0) is 27.7 Å². The summed E-state index contributed by atoms with van der Waals surface area (Å²) in [5, 5.41) is 0. The van der Waals surface area contributed by atoms with Gasteiger partial charge < -0.3 is 0 Å². The Balaban J connectivity index is 2.59. The fourth-order valence-electron chi connectivity index (χ4n) is 2.94. The minimum absolute atomic E-state index is 0.207. The molecule has 0 saturated carbocycles. The van der Waals surface area contributed by atoms with Gasteiger partial charge in [-0.15, -0.1) is 0 Å². The molecular formula is C17H26OSiZr. The molecule has 0 N–H and O–H groups in total. The molecule has 108 valence electrons. The topological polar surface area (TPSA) is 9.23 Å². The van der Waals surface area contributed by atoms with Gasteiger partial charge in [-0.05, 0) is 0 Å². The Labute approximate surface area is 137 Å². The van der Waals surface area contributed by atoms with Gasteiger partial charge in [-0.25, -0.2) is 0 Å². The quantitative estimate of drug-likeness (QED) is 0.681. The van der Waals surface area contributed by atoms with Gasteiger partial charge >= 0.3 is 137 Å².